The molecule has 0 amide bonds. The van der Waals surface area contributed by atoms with Crippen molar-refractivity contribution in [1.82, 2.24) is 5.32 Å². The molecule has 1 atom stereocenters. The molecule has 2 aromatic carbocycles. The van der Waals surface area contributed by atoms with Crippen molar-refractivity contribution in [2.75, 3.05) is 26.3 Å². The van der Waals surface area contributed by atoms with Crippen molar-refractivity contribution in [3.8, 4) is 5.75 Å². The van der Waals surface area contributed by atoms with Gasteiger partial charge in [-0.25, -0.2) is 0 Å². The summed E-state index contributed by atoms with van der Waals surface area (Å²) < 4.78 is 11.6. The Morgan fingerprint density at radius 3 is 2.79 bits per heavy atom. The van der Waals surface area contributed by atoms with Crippen LogP contribution in [0.25, 0.3) is 10.8 Å². The van der Waals surface area contributed by atoms with Crippen molar-refractivity contribution >= 4 is 10.8 Å². The van der Waals surface area contributed by atoms with Crippen molar-refractivity contribution in [2.45, 2.75) is 44.6 Å². The van der Waals surface area contributed by atoms with Crippen molar-refractivity contribution in [3.63, 3.8) is 0 Å². The Morgan fingerprint density at radius 1 is 1.00 bits per heavy atom. The summed E-state index contributed by atoms with van der Waals surface area (Å²) in [6.07, 6.45) is 7.75. The third-order valence-electron chi connectivity index (χ3n) is 4.65. The zero-order chi connectivity index (χ0) is 16.5. The fraction of sp³-hybridized carbons (Fsp3) is 0.524. The summed E-state index contributed by atoms with van der Waals surface area (Å²) in [7, 11) is 0. The lowest BCUT2D eigenvalue weighted by molar-refractivity contribution is 0.110. The smallest absolute Gasteiger partial charge is 0.127 e. The highest BCUT2D eigenvalue weighted by atomic mass is 16.5. The number of nitrogens with one attached hydrogen (secondary N) is 1. The molecule has 3 rings (SSSR count). The first-order valence-electron chi connectivity index (χ1n) is 9.36. The largest absolute Gasteiger partial charge is 0.493 e. The van der Waals surface area contributed by atoms with E-state index in [4.69, 9.17) is 9.47 Å². The molecule has 0 aromatic heterocycles. The minimum Gasteiger partial charge on any atom is -0.493 e. The maximum atomic E-state index is 5.98. The predicted octanol–water partition coefficient (Wildman–Crippen LogP) is 4.55. The molecule has 0 spiro atoms. The van der Waals surface area contributed by atoms with E-state index in [0.717, 1.165) is 38.5 Å². The Hall–Kier alpha value is -1.58. The molecule has 0 bridgehead atoms. The van der Waals surface area contributed by atoms with Crippen LogP contribution in [0.4, 0.5) is 0 Å². The summed E-state index contributed by atoms with van der Waals surface area (Å²) in [5.74, 6) is 1.01. The number of rotatable bonds is 10. The normalized spacial score (nSPS) is 17.4. The van der Waals surface area contributed by atoms with E-state index >= 15 is 0 Å². The SMILES string of the molecule is c1ccc2c(OCCCCCCNC[C@@H]3CCCO3)cccc2c1. The predicted molar refractivity (Wildman–Crippen MR) is 99.8 cm³/mol. The van der Waals surface area contributed by atoms with Gasteiger partial charge in [-0.15, -0.1) is 0 Å². The molecular formula is C21H29NO2. The number of hydrogen-bond acceptors (Lipinski definition) is 3. The lowest BCUT2D eigenvalue weighted by Crippen LogP contribution is -2.26. The van der Waals surface area contributed by atoms with Crippen LogP contribution in [0.5, 0.6) is 5.75 Å². The van der Waals surface area contributed by atoms with Gasteiger partial charge in [0, 0.05) is 18.5 Å². The van der Waals surface area contributed by atoms with Crippen LogP contribution in [0.3, 0.4) is 0 Å². The van der Waals surface area contributed by atoms with Crippen LogP contribution >= 0.6 is 0 Å². The fourth-order valence-electron chi connectivity index (χ4n) is 3.28. The Labute approximate surface area is 145 Å². The van der Waals surface area contributed by atoms with Gasteiger partial charge < -0.3 is 14.8 Å². The average molecular weight is 327 g/mol. The van der Waals surface area contributed by atoms with E-state index < -0.39 is 0 Å². The first-order valence-corrected chi connectivity index (χ1v) is 9.36. The van der Waals surface area contributed by atoms with Gasteiger partial charge in [0.25, 0.3) is 0 Å². The fourth-order valence-corrected chi connectivity index (χ4v) is 3.28. The second-order valence-electron chi connectivity index (χ2n) is 6.58. The molecule has 1 heterocycles. The van der Waals surface area contributed by atoms with Crippen LogP contribution in [0, 0.1) is 0 Å². The molecule has 0 unspecified atom stereocenters. The van der Waals surface area contributed by atoms with Crippen LogP contribution in [0.2, 0.25) is 0 Å². The molecule has 1 aliphatic rings. The Bertz CT molecular complexity index is 602. The number of ether oxygens (including phenoxy) is 2. The van der Waals surface area contributed by atoms with E-state index in [1.54, 1.807) is 0 Å². The molecule has 0 radical (unpaired) electrons. The van der Waals surface area contributed by atoms with Crippen LogP contribution in [-0.2, 0) is 4.74 Å². The Morgan fingerprint density at radius 2 is 1.88 bits per heavy atom. The zero-order valence-electron chi connectivity index (χ0n) is 14.5. The second-order valence-corrected chi connectivity index (χ2v) is 6.58. The second kappa shape index (κ2) is 9.65. The number of fused-ring (bicyclic) bond motifs is 1. The van der Waals surface area contributed by atoms with Gasteiger partial charge in [0.15, 0.2) is 0 Å². The first-order chi connectivity index (χ1) is 11.9. The first kappa shape index (κ1) is 17.2. The van der Waals surface area contributed by atoms with Crippen molar-refractivity contribution in [1.29, 1.82) is 0 Å². The van der Waals surface area contributed by atoms with E-state index in [1.165, 1.54) is 42.9 Å². The van der Waals surface area contributed by atoms with E-state index in [0.29, 0.717) is 6.10 Å². The summed E-state index contributed by atoms with van der Waals surface area (Å²) in [5.41, 5.74) is 0. The van der Waals surface area contributed by atoms with Crippen LogP contribution in [-0.4, -0.2) is 32.4 Å². The quantitative estimate of drug-likeness (QED) is 0.650. The Balaban J connectivity index is 1.24. The molecule has 24 heavy (non-hydrogen) atoms. The van der Waals surface area contributed by atoms with Crippen molar-refractivity contribution < 1.29 is 9.47 Å². The van der Waals surface area contributed by atoms with Gasteiger partial charge in [-0.05, 0) is 43.7 Å². The molecule has 3 nitrogen and oxygen atoms in total. The van der Waals surface area contributed by atoms with Gasteiger partial charge in [-0.2, -0.15) is 0 Å². The molecule has 2 aromatic rings. The summed E-state index contributed by atoms with van der Waals surface area (Å²) in [5, 5.41) is 5.96. The summed E-state index contributed by atoms with van der Waals surface area (Å²) >= 11 is 0. The average Bonchev–Trinajstić information content (AvgIpc) is 3.14. The molecule has 1 fully saturated rings. The molecule has 3 heteroatoms. The van der Waals surface area contributed by atoms with Gasteiger partial charge in [-0.3, -0.25) is 0 Å². The zero-order valence-corrected chi connectivity index (χ0v) is 14.5. The summed E-state index contributed by atoms with van der Waals surface area (Å²) in [6.45, 7) is 3.87. The van der Waals surface area contributed by atoms with Gasteiger partial charge in [0.2, 0.25) is 0 Å². The standard InChI is InChI=1S/C21H29NO2/c1(5-14-22-17-19-11-8-16-23-19)2-6-15-24-21-13-7-10-18-9-3-4-12-20(18)21/h3-4,7,9-10,12-13,19,22H,1-2,5-6,8,11,14-17H2/t19-/m0/s1. The Kier molecular flexibility index (Phi) is 6.94. The van der Waals surface area contributed by atoms with Crippen molar-refractivity contribution in [2.24, 2.45) is 0 Å². The van der Waals surface area contributed by atoms with Gasteiger partial charge in [-0.1, -0.05) is 49.2 Å². The monoisotopic (exact) mass is 327 g/mol. The van der Waals surface area contributed by atoms with Gasteiger partial charge >= 0.3 is 0 Å². The summed E-state index contributed by atoms with van der Waals surface area (Å²) in [6, 6.07) is 14.7. The number of hydrogen-bond donors (Lipinski definition) is 1. The molecular weight excluding hydrogens is 298 g/mol. The molecule has 1 N–H and O–H groups in total. The lowest BCUT2D eigenvalue weighted by atomic mass is 10.1. The summed E-state index contributed by atoms with van der Waals surface area (Å²) in [4.78, 5) is 0. The highest BCUT2D eigenvalue weighted by Crippen LogP contribution is 2.25. The minimum atomic E-state index is 0.457. The van der Waals surface area contributed by atoms with Gasteiger partial charge in [0.1, 0.15) is 5.75 Å². The highest BCUT2D eigenvalue weighted by molar-refractivity contribution is 5.88. The van der Waals surface area contributed by atoms with Crippen LogP contribution < -0.4 is 10.1 Å². The van der Waals surface area contributed by atoms with E-state index in [-0.39, 0.29) is 0 Å². The van der Waals surface area contributed by atoms with E-state index in [9.17, 15) is 0 Å². The number of unbranched alkanes of at least 4 members (excludes halogenated alkanes) is 3. The van der Waals surface area contributed by atoms with Crippen LogP contribution in [0.15, 0.2) is 42.5 Å². The third kappa shape index (κ3) is 5.22. The van der Waals surface area contributed by atoms with Crippen molar-refractivity contribution in [3.05, 3.63) is 42.5 Å². The molecule has 1 aliphatic heterocycles. The maximum Gasteiger partial charge on any atom is 0.127 e. The van der Waals surface area contributed by atoms with E-state index in [1.807, 2.05) is 0 Å². The molecule has 1 saturated heterocycles. The highest BCUT2D eigenvalue weighted by Gasteiger charge is 2.13. The van der Waals surface area contributed by atoms with Gasteiger partial charge in [0.05, 0.1) is 12.7 Å². The minimum absolute atomic E-state index is 0.457. The topological polar surface area (TPSA) is 30.5 Å². The lowest BCUT2D eigenvalue weighted by Gasteiger charge is -2.11. The molecule has 130 valence electrons. The number of benzene rings is 2. The molecule has 0 aliphatic carbocycles. The third-order valence-corrected chi connectivity index (χ3v) is 4.65. The molecule has 0 saturated carbocycles. The van der Waals surface area contributed by atoms with Crippen LogP contribution in [0.1, 0.15) is 38.5 Å². The van der Waals surface area contributed by atoms with E-state index in [2.05, 4.69) is 47.8 Å². The maximum absolute atomic E-state index is 5.98.